The molecule has 1 N–H and O–H groups in total. The maximum Gasteiger partial charge on any atom is 0.145 e. The Labute approximate surface area is 117 Å². The molecule has 0 saturated carbocycles. The van der Waals surface area contributed by atoms with Crippen molar-refractivity contribution in [3.63, 3.8) is 0 Å². The molecule has 1 unspecified atom stereocenters. The summed E-state index contributed by atoms with van der Waals surface area (Å²) < 4.78 is 19.0. The van der Waals surface area contributed by atoms with Gasteiger partial charge in [0.2, 0.25) is 0 Å². The van der Waals surface area contributed by atoms with Crippen LogP contribution >= 0.6 is 0 Å². The first-order chi connectivity index (χ1) is 9.79. The van der Waals surface area contributed by atoms with Crippen LogP contribution in [0.3, 0.4) is 0 Å². The van der Waals surface area contributed by atoms with E-state index in [0.717, 1.165) is 42.9 Å². The fraction of sp³-hybridized carbons (Fsp3) is 0.294. The van der Waals surface area contributed by atoms with Gasteiger partial charge in [-0.15, -0.1) is 0 Å². The van der Waals surface area contributed by atoms with E-state index in [2.05, 4.69) is 23.5 Å². The van der Waals surface area contributed by atoms with E-state index in [0.29, 0.717) is 6.04 Å². The van der Waals surface area contributed by atoms with Crippen LogP contribution in [-0.2, 0) is 19.3 Å². The number of benzene rings is 2. The van der Waals surface area contributed by atoms with Crippen LogP contribution < -0.4 is 10.1 Å². The number of halogens is 1. The van der Waals surface area contributed by atoms with E-state index in [1.807, 2.05) is 6.07 Å². The summed E-state index contributed by atoms with van der Waals surface area (Å²) in [5.41, 5.74) is 4.71. The first-order valence-corrected chi connectivity index (χ1v) is 7.08. The quantitative estimate of drug-likeness (QED) is 0.903. The molecule has 20 heavy (non-hydrogen) atoms. The average molecular weight is 269 g/mol. The maximum atomic E-state index is 13.3. The zero-order valence-electron chi connectivity index (χ0n) is 11.2. The van der Waals surface area contributed by atoms with Crippen LogP contribution in [0.15, 0.2) is 36.4 Å². The molecule has 0 saturated heterocycles. The summed E-state index contributed by atoms with van der Waals surface area (Å²) in [6.45, 7) is 0.768. The molecule has 0 spiro atoms. The molecule has 2 aromatic rings. The smallest absolute Gasteiger partial charge is 0.145 e. The van der Waals surface area contributed by atoms with Gasteiger partial charge in [-0.1, -0.05) is 18.2 Å². The Hall–Kier alpha value is -2.03. The molecule has 0 amide bonds. The number of anilines is 1. The number of para-hydroxylation sites is 1. The number of hydrogen-bond donors (Lipinski definition) is 1. The Morgan fingerprint density at radius 3 is 2.90 bits per heavy atom. The van der Waals surface area contributed by atoms with Gasteiger partial charge in [0.25, 0.3) is 0 Å². The second-order valence-electron chi connectivity index (χ2n) is 5.55. The average Bonchev–Trinajstić information content (AvgIpc) is 3.04. The molecule has 1 atom stereocenters. The predicted octanol–water partition coefficient (Wildman–Crippen LogP) is 3.34. The predicted molar refractivity (Wildman–Crippen MR) is 76.9 cm³/mol. The van der Waals surface area contributed by atoms with E-state index in [1.54, 1.807) is 12.1 Å². The molecule has 102 valence electrons. The Kier molecular flexibility index (Phi) is 2.66. The lowest BCUT2D eigenvalue weighted by molar-refractivity contribution is 0.358. The molecule has 0 bridgehead atoms. The maximum absolute atomic E-state index is 13.3. The van der Waals surface area contributed by atoms with E-state index in [1.165, 1.54) is 11.1 Å². The molecule has 3 heteroatoms. The fourth-order valence-electron chi connectivity index (χ4n) is 3.24. The molecular formula is C17H16FNO. The third-order valence-electron chi connectivity index (χ3n) is 4.17. The molecule has 2 aromatic carbocycles. The van der Waals surface area contributed by atoms with E-state index < -0.39 is 0 Å². The van der Waals surface area contributed by atoms with Crippen molar-refractivity contribution < 1.29 is 9.13 Å². The van der Waals surface area contributed by atoms with Gasteiger partial charge in [0, 0.05) is 12.5 Å². The van der Waals surface area contributed by atoms with E-state index in [4.69, 9.17) is 4.74 Å². The summed E-state index contributed by atoms with van der Waals surface area (Å²) in [4.78, 5) is 0. The monoisotopic (exact) mass is 269 g/mol. The van der Waals surface area contributed by atoms with Gasteiger partial charge < -0.3 is 10.1 Å². The van der Waals surface area contributed by atoms with Crippen LogP contribution in [0.2, 0.25) is 0 Å². The van der Waals surface area contributed by atoms with Gasteiger partial charge in [0.05, 0.1) is 12.3 Å². The Morgan fingerprint density at radius 1 is 1.05 bits per heavy atom. The number of nitrogens with one attached hydrogen (secondary N) is 1. The normalized spacial score (nSPS) is 19.4. The van der Waals surface area contributed by atoms with Crippen LogP contribution in [0, 0.1) is 5.82 Å². The van der Waals surface area contributed by atoms with Crippen LogP contribution in [0.5, 0.6) is 5.75 Å². The highest BCUT2D eigenvalue weighted by atomic mass is 19.1. The van der Waals surface area contributed by atoms with Crippen LogP contribution in [-0.4, -0.2) is 12.6 Å². The lowest BCUT2D eigenvalue weighted by Gasteiger charge is -2.16. The van der Waals surface area contributed by atoms with Crippen molar-refractivity contribution in [1.82, 2.24) is 0 Å². The van der Waals surface area contributed by atoms with Crippen molar-refractivity contribution in [2.45, 2.75) is 25.3 Å². The van der Waals surface area contributed by atoms with Crippen LogP contribution in [0.4, 0.5) is 10.1 Å². The standard InChI is InChI=1S/C17H16FNO/c18-14-5-4-12-9-15(10-13(12)8-14)19-16-3-1-2-11-6-7-20-17(11)16/h1-5,8,15,19H,6-7,9-10H2. The van der Waals surface area contributed by atoms with E-state index in [9.17, 15) is 4.39 Å². The number of rotatable bonds is 2. The van der Waals surface area contributed by atoms with Gasteiger partial charge in [0.1, 0.15) is 11.6 Å². The first kappa shape index (κ1) is 11.8. The Bertz CT molecular complexity index is 668. The van der Waals surface area contributed by atoms with Crippen molar-refractivity contribution in [2.75, 3.05) is 11.9 Å². The topological polar surface area (TPSA) is 21.3 Å². The third-order valence-corrected chi connectivity index (χ3v) is 4.17. The second-order valence-corrected chi connectivity index (χ2v) is 5.55. The second kappa shape index (κ2) is 4.51. The SMILES string of the molecule is Fc1ccc2c(c1)CC(Nc1cccc3c1OCC3)C2. The van der Waals surface area contributed by atoms with Crippen molar-refractivity contribution in [3.05, 3.63) is 58.9 Å². The zero-order valence-corrected chi connectivity index (χ0v) is 11.2. The molecular weight excluding hydrogens is 253 g/mol. The first-order valence-electron chi connectivity index (χ1n) is 7.08. The molecule has 1 heterocycles. The largest absolute Gasteiger partial charge is 0.491 e. The van der Waals surface area contributed by atoms with Crippen molar-refractivity contribution in [3.8, 4) is 5.75 Å². The van der Waals surface area contributed by atoms with Gasteiger partial charge in [0.15, 0.2) is 0 Å². The van der Waals surface area contributed by atoms with Gasteiger partial charge in [-0.2, -0.15) is 0 Å². The minimum Gasteiger partial charge on any atom is -0.491 e. The lowest BCUT2D eigenvalue weighted by atomic mass is 10.1. The minimum absolute atomic E-state index is 0.145. The fourth-order valence-corrected chi connectivity index (χ4v) is 3.24. The summed E-state index contributed by atoms with van der Waals surface area (Å²) in [6.07, 6.45) is 2.80. The number of fused-ring (bicyclic) bond motifs is 2. The minimum atomic E-state index is -0.145. The molecule has 1 aliphatic heterocycles. The molecule has 1 aliphatic carbocycles. The van der Waals surface area contributed by atoms with Crippen molar-refractivity contribution >= 4 is 5.69 Å². The zero-order chi connectivity index (χ0) is 13.5. The Balaban J connectivity index is 1.56. The number of hydrogen-bond acceptors (Lipinski definition) is 2. The van der Waals surface area contributed by atoms with E-state index in [-0.39, 0.29) is 5.82 Å². The molecule has 0 aromatic heterocycles. The highest BCUT2D eigenvalue weighted by Crippen LogP contribution is 2.35. The summed E-state index contributed by atoms with van der Waals surface area (Å²) in [5.74, 6) is 0.850. The van der Waals surface area contributed by atoms with Crippen LogP contribution in [0.1, 0.15) is 16.7 Å². The summed E-state index contributed by atoms with van der Waals surface area (Å²) in [7, 11) is 0. The van der Waals surface area contributed by atoms with Crippen molar-refractivity contribution in [2.24, 2.45) is 0 Å². The highest BCUT2D eigenvalue weighted by molar-refractivity contribution is 5.62. The van der Waals surface area contributed by atoms with Gasteiger partial charge >= 0.3 is 0 Å². The Morgan fingerprint density at radius 2 is 1.95 bits per heavy atom. The van der Waals surface area contributed by atoms with E-state index >= 15 is 0 Å². The van der Waals surface area contributed by atoms with Crippen molar-refractivity contribution in [1.29, 1.82) is 0 Å². The van der Waals surface area contributed by atoms with Gasteiger partial charge in [-0.25, -0.2) is 4.39 Å². The molecule has 2 aliphatic rings. The summed E-state index contributed by atoms with van der Waals surface area (Å²) in [5, 5.41) is 3.56. The molecule has 0 radical (unpaired) electrons. The molecule has 4 rings (SSSR count). The van der Waals surface area contributed by atoms with Crippen LogP contribution in [0.25, 0.3) is 0 Å². The third kappa shape index (κ3) is 1.94. The van der Waals surface area contributed by atoms with Gasteiger partial charge in [-0.05, 0) is 47.7 Å². The van der Waals surface area contributed by atoms with Gasteiger partial charge in [-0.3, -0.25) is 0 Å². The highest BCUT2D eigenvalue weighted by Gasteiger charge is 2.24. The number of ether oxygens (including phenoxy) is 1. The molecule has 2 nitrogen and oxygen atoms in total. The summed E-state index contributed by atoms with van der Waals surface area (Å²) in [6, 6.07) is 11.7. The summed E-state index contributed by atoms with van der Waals surface area (Å²) >= 11 is 0. The molecule has 0 fully saturated rings. The lowest BCUT2D eigenvalue weighted by Crippen LogP contribution is -2.19.